The summed E-state index contributed by atoms with van der Waals surface area (Å²) < 4.78 is 5.33. The Hall–Kier alpha value is -1.77. The van der Waals surface area contributed by atoms with Crippen molar-refractivity contribution in [3.05, 3.63) is 26.8 Å². The molecule has 0 spiro atoms. The highest BCUT2D eigenvalue weighted by Gasteiger charge is 2.13. The summed E-state index contributed by atoms with van der Waals surface area (Å²) in [4.78, 5) is 23.7. The van der Waals surface area contributed by atoms with E-state index in [1.807, 2.05) is 6.26 Å². The fourth-order valence-electron chi connectivity index (χ4n) is 1.66. The van der Waals surface area contributed by atoms with Crippen molar-refractivity contribution in [1.82, 2.24) is 28.7 Å². The minimum atomic E-state index is -0.268. The fourth-order valence-corrected chi connectivity index (χ4v) is 2.19. The van der Waals surface area contributed by atoms with E-state index in [1.165, 1.54) is 30.3 Å². The molecule has 0 atom stereocenters. The first-order valence-electron chi connectivity index (χ1n) is 5.24. The monoisotopic (exact) mass is 270 g/mol. The van der Waals surface area contributed by atoms with Crippen LogP contribution in [0.15, 0.2) is 14.7 Å². The number of hydrogen-bond acceptors (Lipinski definition) is 5. The van der Waals surface area contributed by atoms with Crippen LogP contribution in [-0.4, -0.2) is 35.0 Å². The lowest BCUT2D eigenvalue weighted by molar-refractivity contribution is 0.498. The van der Waals surface area contributed by atoms with Gasteiger partial charge >= 0.3 is 11.4 Å². The van der Waals surface area contributed by atoms with Crippen molar-refractivity contribution in [2.24, 2.45) is 14.1 Å². The molecule has 0 aliphatic carbocycles. The van der Waals surface area contributed by atoms with Gasteiger partial charge in [0.25, 0.3) is 0 Å². The van der Waals surface area contributed by atoms with Gasteiger partial charge in [-0.2, -0.15) is 9.78 Å². The van der Waals surface area contributed by atoms with Gasteiger partial charge in [-0.3, -0.25) is 9.13 Å². The van der Waals surface area contributed by atoms with E-state index in [9.17, 15) is 9.59 Å². The number of hydrogen-bond donors (Lipinski definition) is 0. The number of aromatic nitrogens is 6. The average Bonchev–Trinajstić information content (AvgIpc) is 2.74. The minimum Gasteiger partial charge on any atom is -0.273 e. The summed E-state index contributed by atoms with van der Waals surface area (Å²) in [5.74, 6) is 0.547. The van der Waals surface area contributed by atoms with Gasteiger partial charge in [-0.1, -0.05) is 11.8 Å². The fraction of sp³-hybridized carbons (Fsp3) is 0.556. The molecule has 2 heterocycles. The zero-order valence-corrected chi connectivity index (χ0v) is 11.4. The summed E-state index contributed by atoms with van der Waals surface area (Å²) in [5.41, 5.74) is -0.523. The van der Waals surface area contributed by atoms with Crippen LogP contribution in [-0.2, 0) is 20.8 Å². The van der Waals surface area contributed by atoms with Crippen molar-refractivity contribution in [3.63, 3.8) is 0 Å². The largest absolute Gasteiger partial charge is 0.348 e. The molecule has 18 heavy (non-hydrogen) atoms. The van der Waals surface area contributed by atoms with Crippen molar-refractivity contribution in [1.29, 1.82) is 0 Å². The van der Waals surface area contributed by atoms with Crippen LogP contribution in [0.5, 0.6) is 0 Å². The molecule has 0 aliphatic rings. The highest BCUT2D eigenvalue weighted by Crippen LogP contribution is 2.06. The Morgan fingerprint density at radius 2 is 1.83 bits per heavy atom. The lowest BCUT2D eigenvalue weighted by Gasteiger charge is -2.00. The Morgan fingerprint density at radius 3 is 2.28 bits per heavy atom. The maximum atomic E-state index is 11.9. The molecule has 2 rings (SSSR count). The molecule has 0 radical (unpaired) electrons. The highest BCUT2D eigenvalue weighted by atomic mass is 32.2. The summed E-state index contributed by atoms with van der Waals surface area (Å²) >= 11 is 1.38. The summed E-state index contributed by atoms with van der Waals surface area (Å²) in [5, 5.41) is 8.75. The van der Waals surface area contributed by atoms with Gasteiger partial charge < -0.3 is 0 Å². The van der Waals surface area contributed by atoms with Crippen LogP contribution >= 0.6 is 11.8 Å². The number of thioether (sulfide) groups is 1. The van der Waals surface area contributed by atoms with E-state index in [4.69, 9.17) is 0 Å². The van der Waals surface area contributed by atoms with Gasteiger partial charge in [-0.25, -0.2) is 14.3 Å². The molecule has 0 aromatic carbocycles. The van der Waals surface area contributed by atoms with Crippen molar-refractivity contribution in [3.8, 4) is 0 Å². The van der Waals surface area contributed by atoms with E-state index < -0.39 is 0 Å². The standard InChI is InChI=1S/C9H14N6O2S/c1-6-10-13(3)9(17)14(6)5-15-8(16)12(2)7(11-15)18-4/h5H2,1-4H3. The summed E-state index contributed by atoms with van der Waals surface area (Å²) in [7, 11) is 3.22. The first-order chi connectivity index (χ1) is 8.45. The van der Waals surface area contributed by atoms with Crippen LogP contribution in [0.2, 0.25) is 0 Å². The highest BCUT2D eigenvalue weighted by molar-refractivity contribution is 7.98. The second kappa shape index (κ2) is 4.48. The Kier molecular flexibility index (Phi) is 3.16. The normalized spacial score (nSPS) is 11.1. The van der Waals surface area contributed by atoms with Gasteiger partial charge in [0.15, 0.2) is 5.16 Å². The van der Waals surface area contributed by atoms with Gasteiger partial charge in [-0.15, -0.1) is 5.10 Å². The van der Waals surface area contributed by atoms with Crippen molar-refractivity contribution in [2.75, 3.05) is 6.26 Å². The maximum Gasteiger partial charge on any atom is 0.348 e. The summed E-state index contributed by atoms with van der Waals surface area (Å²) in [6.07, 6.45) is 1.84. The first kappa shape index (κ1) is 12.7. The molecule has 0 aliphatic heterocycles. The molecule has 98 valence electrons. The van der Waals surface area contributed by atoms with Crippen LogP contribution in [0.3, 0.4) is 0 Å². The van der Waals surface area contributed by atoms with Crippen molar-refractivity contribution >= 4 is 11.8 Å². The lowest BCUT2D eigenvalue weighted by atomic mass is 10.7. The minimum absolute atomic E-state index is 0.0751. The average molecular weight is 270 g/mol. The Bertz CT molecular complexity index is 691. The molecule has 2 aromatic rings. The van der Waals surface area contributed by atoms with Crippen LogP contribution in [0.1, 0.15) is 5.82 Å². The van der Waals surface area contributed by atoms with Crippen molar-refractivity contribution in [2.45, 2.75) is 18.7 Å². The molecular weight excluding hydrogens is 256 g/mol. The molecule has 0 N–H and O–H groups in total. The quantitative estimate of drug-likeness (QED) is 0.669. The van der Waals surface area contributed by atoms with Crippen LogP contribution in [0.4, 0.5) is 0 Å². The number of aryl methyl sites for hydroxylation is 2. The van der Waals surface area contributed by atoms with E-state index in [0.717, 1.165) is 0 Å². The topological polar surface area (TPSA) is 79.6 Å². The molecule has 2 aromatic heterocycles. The van der Waals surface area contributed by atoms with Gasteiger partial charge in [0.2, 0.25) is 0 Å². The number of rotatable bonds is 3. The molecule has 0 saturated carbocycles. The molecule has 0 amide bonds. The van der Waals surface area contributed by atoms with Gasteiger partial charge in [-0.05, 0) is 13.2 Å². The zero-order chi connectivity index (χ0) is 13.4. The number of nitrogens with zero attached hydrogens (tertiary/aromatic N) is 6. The molecule has 0 unspecified atom stereocenters. The smallest absolute Gasteiger partial charge is 0.273 e. The maximum absolute atomic E-state index is 11.9. The molecule has 0 fully saturated rings. The third-order valence-electron chi connectivity index (χ3n) is 2.65. The lowest BCUT2D eigenvalue weighted by Crippen LogP contribution is -2.32. The van der Waals surface area contributed by atoms with E-state index in [2.05, 4.69) is 10.2 Å². The second-order valence-electron chi connectivity index (χ2n) is 3.85. The van der Waals surface area contributed by atoms with Crippen molar-refractivity contribution < 1.29 is 0 Å². The van der Waals surface area contributed by atoms with E-state index in [1.54, 1.807) is 21.0 Å². The van der Waals surface area contributed by atoms with Crippen LogP contribution < -0.4 is 11.4 Å². The molecule has 0 bridgehead atoms. The van der Waals surface area contributed by atoms with Gasteiger partial charge in [0.1, 0.15) is 12.5 Å². The summed E-state index contributed by atoms with van der Waals surface area (Å²) in [6.45, 7) is 1.79. The third-order valence-corrected chi connectivity index (χ3v) is 3.37. The molecule has 8 nitrogen and oxygen atoms in total. The Morgan fingerprint density at radius 1 is 1.17 bits per heavy atom. The summed E-state index contributed by atoms with van der Waals surface area (Å²) in [6, 6.07) is 0. The van der Waals surface area contributed by atoms with Crippen LogP contribution in [0.25, 0.3) is 0 Å². The van der Waals surface area contributed by atoms with Gasteiger partial charge in [0.05, 0.1) is 0 Å². The Balaban J connectivity index is 2.47. The zero-order valence-electron chi connectivity index (χ0n) is 10.6. The van der Waals surface area contributed by atoms with E-state index >= 15 is 0 Å². The molecular formula is C9H14N6O2S. The Labute approximate surface area is 107 Å². The van der Waals surface area contributed by atoms with Gasteiger partial charge in [0, 0.05) is 14.1 Å². The molecule has 0 saturated heterocycles. The predicted molar refractivity (Wildman–Crippen MR) is 66.9 cm³/mol. The first-order valence-corrected chi connectivity index (χ1v) is 6.46. The second-order valence-corrected chi connectivity index (χ2v) is 4.62. The third kappa shape index (κ3) is 1.90. The van der Waals surface area contributed by atoms with E-state index in [-0.39, 0.29) is 18.0 Å². The van der Waals surface area contributed by atoms with E-state index in [0.29, 0.717) is 11.0 Å². The van der Waals surface area contributed by atoms with Crippen LogP contribution in [0, 0.1) is 6.92 Å². The molecule has 9 heteroatoms. The predicted octanol–water partition coefficient (Wildman–Crippen LogP) is -0.987. The SMILES string of the molecule is CSc1nn(Cn2c(C)nn(C)c2=O)c(=O)n1C.